The van der Waals surface area contributed by atoms with E-state index >= 15 is 0 Å². The number of Topliss-reactive ketones (excluding diaryl/α,β-unsaturated/α-hetero) is 1. The van der Waals surface area contributed by atoms with Crippen molar-refractivity contribution >= 4 is 29.2 Å². The van der Waals surface area contributed by atoms with Crippen LogP contribution in [0.1, 0.15) is 26.4 Å². The van der Waals surface area contributed by atoms with Gasteiger partial charge < -0.3 is 15.3 Å². The molecule has 0 atom stereocenters. The molecule has 0 bridgehead atoms. The van der Waals surface area contributed by atoms with E-state index in [4.69, 9.17) is 16.9 Å². The molecule has 1 heterocycles. The summed E-state index contributed by atoms with van der Waals surface area (Å²) in [5.74, 6) is -7.71. The second-order valence-corrected chi connectivity index (χ2v) is 4.93. The van der Waals surface area contributed by atoms with Crippen LogP contribution in [0.25, 0.3) is 4.85 Å². The van der Waals surface area contributed by atoms with Crippen molar-refractivity contribution in [2.75, 3.05) is 5.32 Å². The zero-order valence-corrected chi connectivity index (χ0v) is 13.0. The molecule has 1 aromatic carbocycles. The molecule has 0 aliphatic rings. The molecule has 2 N–H and O–H groups in total. The quantitative estimate of drug-likeness (QED) is 0.494. The van der Waals surface area contributed by atoms with Crippen molar-refractivity contribution in [2.45, 2.75) is 0 Å². The fourth-order valence-electron chi connectivity index (χ4n) is 2.21. The summed E-state index contributed by atoms with van der Waals surface area (Å²) >= 11 is 0. The normalized spacial score (nSPS) is 9.88. The zero-order valence-electron chi connectivity index (χ0n) is 13.0. The maximum absolute atomic E-state index is 14.5. The fraction of sp³-hybridized carbons (Fsp3) is 0.0625. The van der Waals surface area contributed by atoms with Crippen molar-refractivity contribution in [1.82, 2.24) is 4.57 Å². The molecule has 0 fully saturated rings. The lowest BCUT2D eigenvalue weighted by Crippen LogP contribution is -2.18. The lowest BCUT2D eigenvalue weighted by molar-refractivity contribution is -0.131. The van der Waals surface area contributed by atoms with Gasteiger partial charge in [-0.25, -0.2) is 13.6 Å². The minimum Gasteiger partial charge on any atom is -0.475 e. The summed E-state index contributed by atoms with van der Waals surface area (Å²) in [5, 5.41) is 19.7. The Labute approximate surface area is 144 Å². The molecule has 1 amide bonds. The monoisotopic (exact) mass is 358 g/mol. The van der Waals surface area contributed by atoms with Crippen LogP contribution in [-0.2, 0) is 11.8 Å². The number of ketones is 1. The first-order valence-corrected chi connectivity index (χ1v) is 6.77. The lowest BCUT2D eigenvalue weighted by Gasteiger charge is -2.05. The van der Waals surface area contributed by atoms with Gasteiger partial charge >= 0.3 is 5.97 Å². The second kappa shape index (κ2) is 6.83. The number of carboxylic acids is 1. The highest BCUT2D eigenvalue weighted by molar-refractivity contribution is 6.41. The molecule has 2 rings (SSSR count). The molecular formula is C16H8F2N4O4. The molecule has 0 saturated carbocycles. The number of rotatable bonds is 4. The van der Waals surface area contributed by atoms with Crippen molar-refractivity contribution in [1.29, 1.82) is 5.26 Å². The number of amides is 1. The second-order valence-electron chi connectivity index (χ2n) is 4.93. The van der Waals surface area contributed by atoms with Crippen molar-refractivity contribution in [3.05, 3.63) is 58.1 Å². The third-order valence-electron chi connectivity index (χ3n) is 3.39. The number of carbonyl (C=O) groups excluding carboxylic acids is 2. The Balaban J connectivity index is 2.51. The van der Waals surface area contributed by atoms with Gasteiger partial charge in [0, 0.05) is 5.69 Å². The molecule has 1 aromatic heterocycles. The average molecular weight is 358 g/mol. The van der Waals surface area contributed by atoms with Gasteiger partial charge in [0.2, 0.25) is 11.5 Å². The number of carbonyl (C=O) groups is 3. The topological polar surface area (TPSA) is 117 Å². The number of nitrogens with one attached hydrogen (secondary N) is 1. The van der Waals surface area contributed by atoms with E-state index in [-0.39, 0.29) is 11.3 Å². The smallest absolute Gasteiger partial charge is 0.376 e. The van der Waals surface area contributed by atoms with E-state index in [9.17, 15) is 23.2 Å². The Bertz CT molecular complexity index is 1040. The number of halogens is 2. The highest BCUT2D eigenvalue weighted by atomic mass is 19.1. The van der Waals surface area contributed by atoms with Crippen LogP contribution in [0, 0.1) is 29.5 Å². The van der Waals surface area contributed by atoms with E-state index in [0.717, 1.165) is 29.8 Å². The molecule has 10 heteroatoms. The molecule has 130 valence electrons. The van der Waals surface area contributed by atoms with Gasteiger partial charge in [-0.1, -0.05) is 6.57 Å². The van der Waals surface area contributed by atoms with Crippen molar-refractivity contribution in [3.8, 4) is 6.07 Å². The van der Waals surface area contributed by atoms with Gasteiger partial charge in [-0.3, -0.25) is 14.2 Å². The van der Waals surface area contributed by atoms with Crippen LogP contribution in [-0.4, -0.2) is 27.3 Å². The van der Waals surface area contributed by atoms with Gasteiger partial charge in [0.15, 0.2) is 5.82 Å². The van der Waals surface area contributed by atoms with E-state index in [1.807, 2.05) is 0 Å². The van der Waals surface area contributed by atoms with E-state index in [2.05, 4.69) is 10.2 Å². The number of nitrogens with zero attached hydrogens (tertiary/aromatic N) is 3. The van der Waals surface area contributed by atoms with E-state index in [1.165, 1.54) is 0 Å². The number of aliphatic carboxylic acids is 1. The Morgan fingerprint density at radius 1 is 1.35 bits per heavy atom. The lowest BCUT2D eigenvalue weighted by atomic mass is 10.1. The van der Waals surface area contributed by atoms with Crippen molar-refractivity contribution in [3.63, 3.8) is 0 Å². The van der Waals surface area contributed by atoms with E-state index in [0.29, 0.717) is 0 Å². The summed E-state index contributed by atoms with van der Waals surface area (Å²) in [6, 6.07) is 4.61. The molecule has 0 unspecified atom stereocenters. The molecule has 0 saturated heterocycles. The number of anilines is 1. The summed E-state index contributed by atoms with van der Waals surface area (Å²) in [4.78, 5) is 37.6. The first kappa shape index (κ1) is 18.3. The summed E-state index contributed by atoms with van der Waals surface area (Å²) in [7, 11) is 1.11. The van der Waals surface area contributed by atoms with Gasteiger partial charge in [0.1, 0.15) is 11.9 Å². The molecule has 0 spiro atoms. The van der Waals surface area contributed by atoms with Crippen LogP contribution < -0.4 is 5.32 Å². The summed E-state index contributed by atoms with van der Waals surface area (Å²) < 4.78 is 28.5. The SMILES string of the molecule is [C-]#[N+]c1c(C(=O)C(=O)O)c(F)c(C(=O)Nc2ccc(F)c(C#N)c2)n1C. The van der Waals surface area contributed by atoms with Crippen molar-refractivity contribution < 1.29 is 28.3 Å². The molecule has 26 heavy (non-hydrogen) atoms. The predicted molar refractivity (Wildman–Crippen MR) is 82.7 cm³/mol. The zero-order chi connectivity index (χ0) is 19.6. The van der Waals surface area contributed by atoms with Gasteiger partial charge in [0.25, 0.3) is 11.7 Å². The fourth-order valence-corrected chi connectivity index (χ4v) is 2.21. The molecule has 0 radical (unpaired) electrons. The number of hydrogen-bond acceptors (Lipinski definition) is 4. The van der Waals surface area contributed by atoms with E-state index in [1.54, 1.807) is 6.07 Å². The standard InChI is InChI=1S/C16H8F2N4O4/c1-20-14-10(13(23)16(25)26)11(18)12(22(14)2)15(24)21-8-3-4-9(17)7(5-8)6-19/h3-5H,2H3,(H,21,24)(H,25,26). The van der Waals surface area contributed by atoms with Gasteiger partial charge in [-0.05, 0) is 18.2 Å². The van der Waals surface area contributed by atoms with Gasteiger partial charge in [-0.15, -0.1) is 0 Å². The van der Waals surface area contributed by atoms with Crippen LogP contribution in [0.3, 0.4) is 0 Å². The molecule has 8 nitrogen and oxygen atoms in total. The number of benzene rings is 1. The number of carboxylic acid groups (broad SMARTS) is 1. The van der Waals surface area contributed by atoms with Gasteiger partial charge in [-0.2, -0.15) is 5.26 Å². The van der Waals surface area contributed by atoms with Crippen LogP contribution in [0.5, 0.6) is 0 Å². The maximum Gasteiger partial charge on any atom is 0.376 e. The predicted octanol–water partition coefficient (Wildman–Crippen LogP) is 2.25. The van der Waals surface area contributed by atoms with Crippen molar-refractivity contribution in [2.24, 2.45) is 7.05 Å². The Kier molecular flexibility index (Phi) is 4.80. The number of hydrogen-bond donors (Lipinski definition) is 2. The first-order valence-electron chi connectivity index (χ1n) is 6.77. The maximum atomic E-state index is 14.5. The van der Waals surface area contributed by atoms with Crippen LogP contribution in [0.2, 0.25) is 0 Å². The molecule has 0 aliphatic heterocycles. The van der Waals surface area contributed by atoms with Crippen LogP contribution in [0.4, 0.5) is 20.3 Å². The minimum absolute atomic E-state index is 0.0379. The molecular weight excluding hydrogens is 350 g/mol. The minimum atomic E-state index is -1.98. The van der Waals surface area contributed by atoms with E-state index < -0.39 is 46.4 Å². The summed E-state index contributed by atoms with van der Waals surface area (Å²) in [6.45, 7) is 6.99. The first-order chi connectivity index (χ1) is 12.2. The average Bonchev–Trinajstić information content (AvgIpc) is 2.85. The Morgan fingerprint density at radius 2 is 2.00 bits per heavy atom. The molecule has 0 aliphatic carbocycles. The third kappa shape index (κ3) is 2.99. The third-order valence-corrected chi connectivity index (χ3v) is 3.39. The highest BCUT2D eigenvalue weighted by Crippen LogP contribution is 2.29. The molecule has 2 aromatic rings. The largest absolute Gasteiger partial charge is 0.475 e. The van der Waals surface area contributed by atoms with Gasteiger partial charge in [0.05, 0.1) is 18.2 Å². The highest BCUT2D eigenvalue weighted by Gasteiger charge is 2.34. The summed E-state index contributed by atoms with van der Waals surface area (Å²) in [5.41, 5.74) is -2.19. The summed E-state index contributed by atoms with van der Waals surface area (Å²) in [6.07, 6.45) is 0. The Hall–Kier alpha value is -4.05. The Morgan fingerprint density at radius 3 is 2.54 bits per heavy atom. The van der Waals surface area contributed by atoms with Crippen LogP contribution >= 0.6 is 0 Å². The number of nitriles is 1. The van der Waals surface area contributed by atoms with Crippen LogP contribution in [0.15, 0.2) is 18.2 Å². The number of aromatic nitrogens is 1.